The first kappa shape index (κ1) is 30.8. The number of unbranched alkanes of at least 4 members (excludes halogenated alkanes) is 1. The molecule has 2 aliphatic carbocycles. The van der Waals surface area contributed by atoms with Gasteiger partial charge in [-0.1, -0.05) is 19.4 Å². The van der Waals surface area contributed by atoms with Crippen molar-refractivity contribution in [2.24, 2.45) is 0 Å². The number of hydrogen-bond acceptors (Lipinski definition) is 12. The number of likely N-dealkylation sites (tertiary alicyclic amines) is 1. The third kappa shape index (κ3) is 5.14. The Balaban J connectivity index is 1.37. The number of carbonyl (C=O) groups excluding carboxylic acids is 4. The van der Waals surface area contributed by atoms with Crippen molar-refractivity contribution in [1.29, 1.82) is 0 Å². The molecule has 1 fully saturated rings. The number of methoxy groups -OCH3 is 1. The van der Waals surface area contributed by atoms with Crippen LogP contribution in [0.1, 0.15) is 64.0 Å². The third-order valence-electron chi connectivity index (χ3n) is 9.08. The Hall–Kier alpha value is -3.64. The second-order valence-electron chi connectivity index (χ2n) is 11.7. The average molecular weight is 602 g/mol. The molecule has 0 aromatic heterocycles. The highest BCUT2D eigenvalue weighted by atomic mass is 16.6. The normalized spacial score (nSPS) is 27.9. The van der Waals surface area contributed by atoms with E-state index in [4.69, 9.17) is 28.4 Å². The Morgan fingerprint density at radius 1 is 1.19 bits per heavy atom. The lowest BCUT2D eigenvalue weighted by molar-refractivity contribution is -0.179. The van der Waals surface area contributed by atoms with E-state index in [9.17, 15) is 24.3 Å². The maximum atomic E-state index is 13.4. The van der Waals surface area contributed by atoms with Gasteiger partial charge in [0.2, 0.25) is 6.10 Å². The molecule has 1 aromatic rings. The van der Waals surface area contributed by atoms with Gasteiger partial charge in [-0.3, -0.25) is 9.59 Å². The molecule has 0 unspecified atom stereocenters. The van der Waals surface area contributed by atoms with Crippen molar-refractivity contribution in [3.05, 3.63) is 35.1 Å². The lowest BCUT2D eigenvalue weighted by Crippen LogP contribution is -2.74. The smallest absolute Gasteiger partial charge is 0.353 e. The quantitative estimate of drug-likeness (QED) is 0.225. The van der Waals surface area contributed by atoms with Gasteiger partial charge in [-0.15, -0.1) is 0 Å². The van der Waals surface area contributed by atoms with Crippen LogP contribution in [-0.2, 0) is 50.0 Å². The van der Waals surface area contributed by atoms with Crippen molar-refractivity contribution >= 4 is 23.9 Å². The van der Waals surface area contributed by atoms with Gasteiger partial charge >= 0.3 is 23.9 Å². The van der Waals surface area contributed by atoms with Crippen molar-refractivity contribution in [2.75, 3.05) is 27.3 Å². The molecule has 234 valence electrons. The number of aliphatic hydroxyl groups is 1. The second kappa shape index (κ2) is 11.8. The number of hydrogen-bond donors (Lipinski definition) is 1. The molecular weight excluding hydrogens is 562 g/mol. The number of nitrogens with zero attached hydrogens (tertiary/aromatic N) is 1. The van der Waals surface area contributed by atoms with Crippen molar-refractivity contribution < 1.29 is 52.7 Å². The molecule has 2 aliphatic heterocycles. The molecule has 1 spiro atoms. The molecule has 2 heterocycles. The van der Waals surface area contributed by atoms with Crippen LogP contribution in [0.15, 0.2) is 24.0 Å². The SMILES string of the molecule is CCCCOC(=O)[C@H](C)OC(=O)C[C@H](OC(C)=O)C(=O)OC1=CC[C@@]2(O)[C@H]3Cc4ccc(OC)c5c4[C@@]2(CCN3C)[C@H]1O5. The van der Waals surface area contributed by atoms with E-state index in [1.165, 1.54) is 6.92 Å². The largest absolute Gasteiger partial charge is 0.493 e. The number of ether oxygens (including phenoxy) is 6. The van der Waals surface area contributed by atoms with Crippen LogP contribution in [0.3, 0.4) is 0 Å². The summed E-state index contributed by atoms with van der Waals surface area (Å²) in [5.74, 6) is -2.31. The highest BCUT2D eigenvalue weighted by Gasteiger charge is 2.72. The van der Waals surface area contributed by atoms with Gasteiger partial charge in [-0.05, 0) is 57.5 Å². The van der Waals surface area contributed by atoms with Crippen molar-refractivity contribution in [3.8, 4) is 11.5 Å². The Labute approximate surface area is 250 Å². The summed E-state index contributed by atoms with van der Waals surface area (Å²) in [6.45, 7) is 5.28. The maximum absolute atomic E-state index is 13.4. The van der Waals surface area contributed by atoms with Gasteiger partial charge in [0.15, 0.2) is 23.7 Å². The Morgan fingerprint density at radius 2 is 1.95 bits per heavy atom. The highest BCUT2D eigenvalue weighted by molar-refractivity contribution is 5.86. The van der Waals surface area contributed by atoms with E-state index in [0.29, 0.717) is 37.3 Å². The first-order chi connectivity index (χ1) is 20.5. The van der Waals surface area contributed by atoms with Gasteiger partial charge in [-0.2, -0.15) is 0 Å². The fourth-order valence-corrected chi connectivity index (χ4v) is 7.02. The number of likely N-dealkylation sites (N-methyl/N-ethyl adjacent to an activating group) is 1. The Morgan fingerprint density at radius 3 is 2.65 bits per heavy atom. The predicted octanol–water partition coefficient (Wildman–Crippen LogP) is 2.11. The number of carbonyl (C=O) groups is 4. The van der Waals surface area contributed by atoms with Crippen LogP contribution >= 0.6 is 0 Å². The molecule has 0 amide bonds. The summed E-state index contributed by atoms with van der Waals surface area (Å²) in [6, 6.07) is 3.64. The van der Waals surface area contributed by atoms with Crippen LogP contribution in [0, 0.1) is 0 Å². The minimum absolute atomic E-state index is 0.155. The van der Waals surface area contributed by atoms with E-state index in [1.807, 2.05) is 26.1 Å². The zero-order valence-corrected chi connectivity index (χ0v) is 25.2. The van der Waals surface area contributed by atoms with Gasteiger partial charge in [0, 0.05) is 24.9 Å². The minimum atomic E-state index is -1.64. The lowest BCUT2D eigenvalue weighted by atomic mass is 9.50. The summed E-state index contributed by atoms with van der Waals surface area (Å²) < 4.78 is 33.2. The maximum Gasteiger partial charge on any atom is 0.353 e. The van der Waals surface area contributed by atoms with Crippen molar-refractivity contribution in [1.82, 2.24) is 4.90 Å². The Bertz CT molecular complexity index is 1340. The Kier molecular flexibility index (Phi) is 8.45. The molecule has 1 N–H and O–H groups in total. The molecular formula is C31H39NO11. The number of piperidine rings is 1. The monoisotopic (exact) mass is 601 g/mol. The number of esters is 4. The van der Waals surface area contributed by atoms with E-state index < -0.39 is 59.6 Å². The van der Waals surface area contributed by atoms with E-state index in [1.54, 1.807) is 13.2 Å². The zero-order chi connectivity index (χ0) is 31.1. The summed E-state index contributed by atoms with van der Waals surface area (Å²) in [6.07, 6.45) is 0.0939. The van der Waals surface area contributed by atoms with E-state index in [-0.39, 0.29) is 24.8 Å². The van der Waals surface area contributed by atoms with E-state index >= 15 is 0 Å². The third-order valence-corrected chi connectivity index (χ3v) is 9.08. The molecule has 1 saturated heterocycles. The molecule has 43 heavy (non-hydrogen) atoms. The fraction of sp³-hybridized carbons (Fsp3) is 0.613. The average Bonchev–Trinajstić information content (AvgIpc) is 3.31. The first-order valence-corrected chi connectivity index (χ1v) is 14.7. The van der Waals surface area contributed by atoms with E-state index in [0.717, 1.165) is 24.5 Å². The summed E-state index contributed by atoms with van der Waals surface area (Å²) in [4.78, 5) is 52.2. The van der Waals surface area contributed by atoms with Gasteiger partial charge in [0.25, 0.3) is 0 Å². The molecule has 4 aliphatic rings. The van der Waals surface area contributed by atoms with Gasteiger partial charge in [0.1, 0.15) is 5.76 Å². The molecule has 0 radical (unpaired) electrons. The molecule has 1 aromatic carbocycles. The van der Waals surface area contributed by atoms with E-state index in [2.05, 4.69) is 4.90 Å². The molecule has 6 atom stereocenters. The minimum Gasteiger partial charge on any atom is -0.493 e. The summed E-state index contributed by atoms with van der Waals surface area (Å²) >= 11 is 0. The zero-order valence-electron chi connectivity index (χ0n) is 25.2. The first-order valence-electron chi connectivity index (χ1n) is 14.7. The summed E-state index contributed by atoms with van der Waals surface area (Å²) in [5.41, 5.74) is -0.207. The van der Waals surface area contributed by atoms with Crippen molar-refractivity contribution in [3.63, 3.8) is 0 Å². The number of rotatable bonds is 11. The molecule has 5 rings (SSSR count). The van der Waals surface area contributed by atoms with Gasteiger partial charge in [-0.25, -0.2) is 9.59 Å². The lowest BCUT2D eigenvalue weighted by Gasteiger charge is -2.61. The van der Waals surface area contributed by atoms with Crippen LogP contribution in [0.25, 0.3) is 0 Å². The molecule has 2 bridgehead atoms. The van der Waals surface area contributed by atoms with Crippen LogP contribution in [0.4, 0.5) is 0 Å². The fourth-order valence-electron chi connectivity index (χ4n) is 7.02. The number of benzene rings is 1. The second-order valence-corrected chi connectivity index (χ2v) is 11.7. The van der Waals surface area contributed by atoms with Gasteiger partial charge in [0.05, 0.1) is 31.2 Å². The van der Waals surface area contributed by atoms with Crippen LogP contribution < -0.4 is 9.47 Å². The summed E-state index contributed by atoms with van der Waals surface area (Å²) in [5, 5.41) is 12.3. The topological polar surface area (TPSA) is 147 Å². The van der Waals surface area contributed by atoms with Crippen LogP contribution in [0.2, 0.25) is 0 Å². The standard InChI is InChI=1S/C31H39NO11/c1-6-7-14-39-28(35)17(2)40-24(34)16-22(41-18(3)33)29(36)42-21-10-11-31(37)23-15-19-8-9-20(38-5)26-25(19)30(31,27(21)43-26)12-13-32(23)4/h8-10,17,22-23,27,37H,6-7,11-16H2,1-5H3/t17-,22-,23+,27-,30-,31+/m0/s1. The predicted molar refractivity (Wildman–Crippen MR) is 149 cm³/mol. The van der Waals surface area contributed by atoms with Crippen LogP contribution in [0.5, 0.6) is 11.5 Å². The van der Waals surface area contributed by atoms with Gasteiger partial charge < -0.3 is 38.4 Å². The summed E-state index contributed by atoms with van der Waals surface area (Å²) in [7, 11) is 3.53. The highest BCUT2D eigenvalue weighted by Crippen LogP contribution is 2.65. The molecule has 0 saturated carbocycles. The molecule has 12 nitrogen and oxygen atoms in total. The molecule has 12 heteroatoms. The van der Waals surface area contributed by atoms with Crippen molar-refractivity contribution in [2.45, 2.75) is 94.7 Å². The van der Waals surface area contributed by atoms with Crippen LogP contribution in [-0.4, -0.2) is 91.1 Å².